The maximum Gasteiger partial charge on any atom is 0.0564 e. The molecule has 1 N–H and O–H groups in total. The van der Waals surface area contributed by atoms with Gasteiger partial charge in [-0.3, -0.25) is 5.43 Å². The summed E-state index contributed by atoms with van der Waals surface area (Å²) in [5, 5.41) is 8.25. The SMILES string of the molecule is Cc1cccc(N/N=C/c2ccsc2)c1. The van der Waals surface area contributed by atoms with Crippen LogP contribution in [-0.2, 0) is 0 Å². The van der Waals surface area contributed by atoms with Crippen molar-refractivity contribution in [3.05, 3.63) is 52.2 Å². The topological polar surface area (TPSA) is 24.4 Å². The lowest BCUT2D eigenvalue weighted by Crippen LogP contribution is -1.89. The van der Waals surface area contributed by atoms with Crippen molar-refractivity contribution in [1.29, 1.82) is 0 Å². The average Bonchev–Trinajstić information content (AvgIpc) is 2.71. The number of nitrogens with one attached hydrogen (secondary N) is 1. The van der Waals surface area contributed by atoms with Crippen molar-refractivity contribution in [3.63, 3.8) is 0 Å². The van der Waals surface area contributed by atoms with Crippen LogP contribution in [0.15, 0.2) is 46.2 Å². The summed E-state index contributed by atoms with van der Waals surface area (Å²) in [5.41, 5.74) is 6.37. The number of aryl methyl sites for hydroxylation is 1. The van der Waals surface area contributed by atoms with E-state index >= 15 is 0 Å². The van der Waals surface area contributed by atoms with Crippen LogP contribution >= 0.6 is 11.3 Å². The van der Waals surface area contributed by atoms with E-state index in [4.69, 9.17) is 0 Å². The lowest BCUT2D eigenvalue weighted by Gasteiger charge is -1.99. The third-order valence-corrected chi connectivity index (χ3v) is 2.67. The van der Waals surface area contributed by atoms with E-state index < -0.39 is 0 Å². The molecule has 0 bridgehead atoms. The first kappa shape index (κ1) is 9.93. The second-order valence-corrected chi connectivity index (χ2v) is 4.08. The zero-order valence-electron chi connectivity index (χ0n) is 8.47. The highest BCUT2D eigenvalue weighted by atomic mass is 32.1. The largest absolute Gasteiger partial charge is 0.278 e. The van der Waals surface area contributed by atoms with Gasteiger partial charge in [0.15, 0.2) is 0 Å². The number of thiophene rings is 1. The van der Waals surface area contributed by atoms with Crippen molar-refractivity contribution < 1.29 is 0 Å². The number of hydrogen-bond donors (Lipinski definition) is 1. The predicted molar refractivity (Wildman–Crippen MR) is 66.7 cm³/mol. The summed E-state index contributed by atoms with van der Waals surface area (Å²) in [6, 6.07) is 10.2. The summed E-state index contributed by atoms with van der Waals surface area (Å²) in [6.45, 7) is 2.06. The van der Waals surface area contributed by atoms with E-state index in [2.05, 4.69) is 35.0 Å². The number of hydrogen-bond acceptors (Lipinski definition) is 3. The number of hydrazone groups is 1. The van der Waals surface area contributed by atoms with Crippen LogP contribution in [0.5, 0.6) is 0 Å². The van der Waals surface area contributed by atoms with E-state index in [1.165, 1.54) is 5.56 Å². The average molecular weight is 216 g/mol. The van der Waals surface area contributed by atoms with Crippen molar-refractivity contribution in [2.24, 2.45) is 5.10 Å². The monoisotopic (exact) mass is 216 g/mol. The fourth-order valence-electron chi connectivity index (χ4n) is 1.24. The third-order valence-electron chi connectivity index (χ3n) is 1.97. The Balaban J connectivity index is 1.99. The summed E-state index contributed by atoms with van der Waals surface area (Å²) in [4.78, 5) is 0. The molecule has 2 nitrogen and oxygen atoms in total. The fraction of sp³-hybridized carbons (Fsp3) is 0.0833. The van der Waals surface area contributed by atoms with Gasteiger partial charge in [0.2, 0.25) is 0 Å². The predicted octanol–water partition coefficient (Wildman–Crippen LogP) is 3.50. The van der Waals surface area contributed by atoms with Crippen LogP contribution in [0.4, 0.5) is 5.69 Å². The molecule has 0 aliphatic rings. The van der Waals surface area contributed by atoms with Crippen LogP contribution in [0.3, 0.4) is 0 Å². The maximum absolute atomic E-state index is 4.16. The Morgan fingerprint density at radius 1 is 1.33 bits per heavy atom. The second-order valence-electron chi connectivity index (χ2n) is 3.30. The summed E-state index contributed by atoms with van der Waals surface area (Å²) in [5.74, 6) is 0. The molecule has 0 saturated heterocycles. The molecule has 15 heavy (non-hydrogen) atoms. The van der Waals surface area contributed by atoms with Gasteiger partial charge in [-0.2, -0.15) is 16.4 Å². The van der Waals surface area contributed by atoms with Crippen molar-refractivity contribution in [1.82, 2.24) is 0 Å². The lowest BCUT2D eigenvalue weighted by molar-refractivity contribution is 1.33. The van der Waals surface area contributed by atoms with Gasteiger partial charge < -0.3 is 0 Å². The van der Waals surface area contributed by atoms with Gasteiger partial charge in [-0.05, 0) is 41.4 Å². The van der Waals surface area contributed by atoms with Gasteiger partial charge in [0.1, 0.15) is 0 Å². The molecule has 0 atom stereocenters. The highest BCUT2D eigenvalue weighted by molar-refractivity contribution is 7.08. The standard InChI is InChI=1S/C12H12N2S/c1-10-3-2-4-12(7-10)14-13-8-11-5-6-15-9-11/h2-9,14H,1H3/b13-8+. The molecule has 3 heteroatoms. The minimum atomic E-state index is 1.02. The Kier molecular flexibility index (Phi) is 3.15. The van der Waals surface area contributed by atoms with Crippen LogP contribution < -0.4 is 5.43 Å². The quantitative estimate of drug-likeness (QED) is 0.616. The normalized spacial score (nSPS) is 10.7. The molecule has 1 aromatic carbocycles. The van der Waals surface area contributed by atoms with Gasteiger partial charge >= 0.3 is 0 Å². The van der Waals surface area contributed by atoms with Gasteiger partial charge in [0.05, 0.1) is 11.9 Å². The number of rotatable bonds is 3. The summed E-state index contributed by atoms with van der Waals surface area (Å²) in [6.07, 6.45) is 1.82. The Bertz CT molecular complexity index is 446. The molecular formula is C12H12N2S. The highest BCUT2D eigenvalue weighted by Crippen LogP contribution is 2.09. The minimum absolute atomic E-state index is 1.02. The van der Waals surface area contributed by atoms with Gasteiger partial charge in [-0.1, -0.05) is 12.1 Å². The lowest BCUT2D eigenvalue weighted by atomic mass is 10.2. The van der Waals surface area contributed by atoms with Crippen molar-refractivity contribution in [2.45, 2.75) is 6.92 Å². The molecule has 2 rings (SSSR count). The molecule has 0 spiro atoms. The van der Waals surface area contributed by atoms with Crippen molar-refractivity contribution >= 4 is 23.2 Å². The van der Waals surface area contributed by atoms with E-state index in [0.29, 0.717) is 0 Å². The molecule has 0 radical (unpaired) electrons. The zero-order chi connectivity index (χ0) is 10.5. The Hall–Kier alpha value is -1.61. The molecule has 76 valence electrons. The van der Waals surface area contributed by atoms with Crippen LogP contribution in [0.2, 0.25) is 0 Å². The van der Waals surface area contributed by atoms with E-state index in [1.54, 1.807) is 11.3 Å². The van der Waals surface area contributed by atoms with Crippen molar-refractivity contribution in [3.8, 4) is 0 Å². The Morgan fingerprint density at radius 2 is 2.27 bits per heavy atom. The molecule has 0 saturated carbocycles. The van der Waals surface area contributed by atoms with Gasteiger partial charge in [-0.25, -0.2) is 0 Å². The first-order valence-electron chi connectivity index (χ1n) is 4.72. The second kappa shape index (κ2) is 4.75. The van der Waals surface area contributed by atoms with E-state index in [-0.39, 0.29) is 0 Å². The van der Waals surface area contributed by atoms with Crippen LogP contribution in [-0.4, -0.2) is 6.21 Å². The van der Waals surface area contributed by atoms with Gasteiger partial charge in [-0.15, -0.1) is 0 Å². The van der Waals surface area contributed by atoms with Crippen molar-refractivity contribution in [2.75, 3.05) is 5.43 Å². The molecule has 2 aromatic rings. The Morgan fingerprint density at radius 3 is 3.00 bits per heavy atom. The molecule has 0 unspecified atom stereocenters. The summed E-state index contributed by atoms with van der Waals surface area (Å²) in [7, 11) is 0. The van der Waals surface area contributed by atoms with Crippen LogP contribution in [0.25, 0.3) is 0 Å². The highest BCUT2D eigenvalue weighted by Gasteiger charge is 1.89. The minimum Gasteiger partial charge on any atom is -0.278 e. The first-order chi connectivity index (χ1) is 7.34. The third kappa shape index (κ3) is 2.92. The zero-order valence-corrected chi connectivity index (χ0v) is 9.29. The van der Waals surface area contributed by atoms with Crippen LogP contribution in [0.1, 0.15) is 11.1 Å². The molecule has 0 amide bonds. The molecule has 0 fully saturated rings. The molecule has 0 aliphatic carbocycles. The number of anilines is 1. The summed E-state index contributed by atoms with van der Waals surface area (Å²) >= 11 is 1.67. The van der Waals surface area contributed by atoms with Crippen LogP contribution in [0, 0.1) is 6.92 Å². The summed E-state index contributed by atoms with van der Waals surface area (Å²) < 4.78 is 0. The molecule has 1 aromatic heterocycles. The fourth-order valence-corrected chi connectivity index (χ4v) is 1.86. The maximum atomic E-state index is 4.16. The van der Waals surface area contributed by atoms with Gasteiger partial charge in [0.25, 0.3) is 0 Å². The van der Waals surface area contributed by atoms with E-state index in [0.717, 1.165) is 11.3 Å². The molecule has 1 heterocycles. The number of nitrogens with zero attached hydrogens (tertiary/aromatic N) is 1. The molecular weight excluding hydrogens is 204 g/mol. The van der Waals surface area contributed by atoms with E-state index in [1.807, 2.05) is 29.8 Å². The molecule has 0 aliphatic heterocycles. The Labute approximate surface area is 93.3 Å². The smallest absolute Gasteiger partial charge is 0.0564 e. The first-order valence-corrected chi connectivity index (χ1v) is 5.67. The van der Waals surface area contributed by atoms with E-state index in [9.17, 15) is 0 Å². The number of benzene rings is 1. The van der Waals surface area contributed by atoms with Gasteiger partial charge in [0, 0.05) is 5.56 Å².